The Bertz CT molecular complexity index is 952. The molecule has 0 aliphatic heterocycles. The van der Waals surface area contributed by atoms with E-state index in [4.69, 9.17) is 10.7 Å². The summed E-state index contributed by atoms with van der Waals surface area (Å²) in [7, 11) is 0. The molecule has 2 N–H and O–H groups in total. The number of pyridine rings is 2. The summed E-state index contributed by atoms with van der Waals surface area (Å²) < 4.78 is 0. The summed E-state index contributed by atoms with van der Waals surface area (Å²) in [6.07, 6.45) is 7.36. The highest BCUT2D eigenvalue weighted by molar-refractivity contribution is 5.91. The van der Waals surface area contributed by atoms with Gasteiger partial charge in [0.15, 0.2) is 0 Å². The number of Topliss-reactive ketones (excluding diaryl/α,β-unsaturated/α-hetero) is 1. The van der Waals surface area contributed by atoms with E-state index in [9.17, 15) is 4.79 Å². The summed E-state index contributed by atoms with van der Waals surface area (Å²) in [4.78, 5) is 26.6. The van der Waals surface area contributed by atoms with Crippen LogP contribution in [0.3, 0.4) is 0 Å². The average molecular weight is 407 g/mol. The van der Waals surface area contributed by atoms with Crippen LogP contribution >= 0.6 is 0 Å². The molecule has 30 heavy (non-hydrogen) atoms. The highest BCUT2D eigenvalue weighted by Gasteiger charge is 2.59. The van der Waals surface area contributed by atoms with E-state index >= 15 is 0 Å². The van der Waals surface area contributed by atoms with E-state index in [0.29, 0.717) is 18.1 Å². The molecule has 0 spiro atoms. The minimum atomic E-state index is -0.190. The quantitative estimate of drug-likeness (QED) is 0.568. The molecule has 1 aliphatic carbocycles. The van der Waals surface area contributed by atoms with Crippen LogP contribution in [0.1, 0.15) is 76.1 Å². The molecule has 5 nitrogen and oxygen atoms in total. The van der Waals surface area contributed by atoms with Crippen molar-refractivity contribution >= 4 is 17.8 Å². The van der Waals surface area contributed by atoms with Crippen LogP contribution in [0.2, 0.25) is 0 Å². The highest BCUT2D eigenvalue weighted by Crippen LogP contribution is 2.64. The van der Waals surface area contributed by atoms with E-state index in [1.165, 1.54) is 5.56 Å². The fourth-order valence-corrected chi connectivity index (χ4v) is 4.53. The Kier molecular flexibility index (Phi) is 6.69. The number of aryl methyl sites for hydroxylation is 1. The third-order valence-corrected chi connectivity index (χ3v) is 6.48. The molecule has 0 amide bonds. The van der Waals surface area contributed by atoms with Gasteiger partial charge in [0, 0.05) is 47.1 Å². The Morgan fingerprint density at radius 2 is 2.13 bits per heavy atom. The maximum atomic E-state index is 13.1. The van der Waals surface area contributed by atoms with Crippen LogP contribution in [0.15, 0.2) is 29.4 Å². The van der Waals surface area contributed by atoms with Gasteiger partial charge < -0.3 is 5.73 Å². The average Bonchev–Trinajstić information content (AvgIpc) is 3.47. The molecule has 3 atom stereocenters. The molecule has 2 aromatic heterocycles. The first-order chi connectivity index (χ1) is 14.4. The van der Waals surface area contributed by atoms with E-state index in [2.05, 4.69) is 36.8 Å². The van der Waals surface area contributed by atoms with Crippen LogP contribution < -0.4 is 5.73 Å². The molecule has 1 aliphatic rings. The summed E-state index contributed by atoms with van der Waals surface area (Å²) in [5.74, 6) is 1.31. The first-order valence-corrected chi connectivity index (χ1v) is 11.1. The van der Waals surface area contributed by atoms with Gasteiger partial charge in [-0.15, -0.1) is 0 Å². The number of carbonyl (C=O) groups is 1. The Hall–Kier alpha value is -2.56. The van der Waals surface area contributed by atoms with Gasteiger partial charge in [0.2, 0.25) is 0 Å². The van der Waals surface area contributed by atoms with Gasteiger partial charge in [-0.2, -0.15) is 0 Å². The number of hydrogen-bond acceptors (Lipinski definition) is 5. The molecular weight excluding hydrogens is 372 g/mol. The number of rotatable bonds is 9. The fourth-order valence-electron chi connectivity index (χ4n) is 4.53. The van der Waals surface area contributed by atoms with Crippen LogP contribution in [-0.2, 0) is 4.79 Å². The Labute approximate surface area is 180 Å². The SMILES string of the molecule is CCCC1(C(=O)C(C)CC)CC1c1ccc(-c2cnc(N)c(C=NCC)c2)nc1C. The molecule has 2 heterocycles. The fraction of sp³-hybridized carbons (Fsp3) is 0.520. The van der Waals surface area contributed by atoms with Crippen LogP contribution in [0.5, 0.6) is 0 Å². The largest absolute Gasteiger partial charge is 0.383 e. The van der Waals surface area contributed by atoms with Gasteiger partial charge in [-0.1, -0.05) is 33.3 Å². The van der Waals surface area contributed by atoms with Gasteiger partial charge in [-0.3, -0.25) is 14.8 Å². The second-order valence-electron chi connectivity index (χ2n) is 8.53. The molecule has 0 aromatic carbocycles. The topological polar surface area (TPSA) is 81.2 Å². The van der Waals surface area contributed by atoms with Crippen LogP contribution in [0, 0.1) is 18.3 Å². The molecule has 1 fully saturated rings. The number of aromatic nitrogens is 2. The van der Waals surface area contributed by atoms with Crippen molar-refractivity contribution < 1.29 is 4.79 Å². The number of nitrogens with zero attached hydrogens (tertiary/aromatic N) is 3. The van der Waals surface area contributed by atoms with Crippen molar-refractivity contribution in [2.75, 3.05) is 12.3 Å². The third-order valence-electron chi connectivity index (χ3n) is 6.48. The number of carbonyl (C=O) groups excluding carboxylic acids is 1. The normalized spacial score (nSPS) is 21.7. The second-order valence-corrected chi connectivity index (χ2v) is 8.53. The van der Waals surface area contributed by atoms with E-state index in [1.54, 1.807) is 12.4 Å². The first kappa shape index (κ1) is 22.1. The maximum Gasteiger partial charge on any atom is 0.142 e. The van der Waals surface area contributed by atoms with Crippen molar-refractivity contribution in [3.05, 3.63) is 41.2 Å². The minimum absolute atomic E-state index is 0.123. The molecule has 3 unspecified atom stereocenters. The number of nitrogen functional groups attached to an aromatic ring is 1. The zero-order valence-electron chi connectivity index (χ0n) is 18.9. The zero-order chi connectivity index (χ0) is 21.9. The van der Waals surface area contributed by atoms with Gasteiger partial charge in [-0.25, -0.2) is 4.98 Å². The Morgan fingerprint density at radius 3 is 2.77 bits per heavy atom. The standard InChI is InChI=1S/C25H34N4O/c1-6-11-25(23(30)16(4)7-2)13-21(25)20-9-10-22(29-17(20)5)18-12-19(14-27-8-3)24(26)28-15-18/h9-10,12,14-16,21H,6-8,11,13H2,1-5H3,(H2,26,28). The van der Waals surface area contributed by atoms with Crippen molar-refractivity contribution in [1.29, 1.82) is 0 Å². The smallest absolute Gasteiger partial charge is 0.142 e. The Morgan fingerprint density at radius 1 is 1.37 bits per heavy atom. The minimum Gasteiger partial charge on any atom is -0.383 e. The third kappa shape index (κ3) is 4.16. The molecule has 3 rings (SSSR count). The van der Waals surface area contributed by atoms with Crippen molar-refractivity contribution in [3.8, 4) is 11.3 Å². The number of hydrogen-bond donors (Lipinski definition) is 1. The summed E-state index contributed by atoms with van der Waals surface area (Å²) in [5, 5.41) is 0. The predicted molar refractivity (Wildman–Crippen MR) is 124 cm³/mol. The summed E-state index contributed by atoms with van der Waals surface area (Å²) in [5.41, 5.74) is 10.6. The lowest BCUT2D eigenvalue weighted by molar-refractivity contribution is -0.128. The lowest BCUT2D eigenvalue weighted by Gasteiger charge is -2.20. The molecule has 160 valence electrons. The molecule has 0 saturated heterocycles. The number of ketones is 1. The molecule has 0 bridgehead atoms. The second kappa shape index (κ2) is 9.07. The van der Waals surface area contributed by atoms with Crippen LogP contribution in [-0.4, -0.2) is 28.5 Å². The molecule has 2 aromatic rings. The predicted octanol–water partition coefficient (Wildman–Crippen LogP) is 5.36. The first-order valence-electron chi connectivity index (χ1n) is 11.1. The maximum absolute atomic E-state index is 13.1. The molecule has 0 radical (unpaired) electrons. The molecule has 1 saturated carbocycles. The summed E-state index contributed by atoms with van der Waals surface area (Å²) in [6, 6.07) is 6.17. The van der Waals surface area contributed by atoms with E-state index in [1.807, 2.05) is 26.0 Å². The lowest BCUT2D eigenvalue weighted by atomic mass is 9.83. The van der Waals surface area contributed by atoms with Crippen molar-refractivity contribution in [2.24, 2.45) is 16.3 Å². The highest BCUT2D eigenvalue weighted by atomic mass is 16.1. The van der Waals surface area contributed by atoms with E-state index in [-0.39, 0.29) is 17.3 Å². The van der Waals surface area contributed by atoms with Crippen LogP contribution in [0.4, 0.5) is 5.82 Å². The van der Waals surface area contributed by atoms with Crippen molar-refractivity contribution in [3.63, 3.8) is 0 Å². The number of nitrogens with two attached hydrogens (primary N) is 1. The van der Waals surface area contributed by atoms with Gasteiger partial charge in [0.05, 0.1) is 5.69 Å². The molecular formula is C25H34N4O. The van der Waals surface area contributed by atoms with E-state index < -0.39 is 0 Å². The van der Waals surface area contributed by atoms with Crippen molar-refractivity contribution in [2.45, 2.75) is 66.2 Å². The number of aliphatic imine (C=N–C) groups is 1. The van der Waals surface area contributed by atoms with Crippen molar-refractivity contribution in [1.82, 2.24) is 9.97 Å². The van der Waals surface area contributed by atoms with Gasteiger partial charge >= 0.3 is 0 Å². The zero-order valence-corrected chi connectivity index (χ0v) is 18.9. The van der Waals surface area contributed by atoms with Gasteiger partial charge in [-0.05, 0) is 56.7 Å². The number of anilines is 1. The van der Waals surface area contributed by atoms with Gasteiger partial charge in [0.1, 0.15) is 11.6 Å². The Balaban J connectivity index is 1.90. The molecule has 5 heteroatoms. The van der Waals surface area contributed by atoms with E-state index in [0.717, 1.165) is 48.2 Å². The lowest BCUT2D eigenvalue weighted by Crippen LogP contribution is -2.24. The summed E-state index contributed by atoms with van der Waals surface area (Å²) in [6.45, 7) is 11.1. The van der Waals surface area contributed by atoms with Gasteiger partial charge in [0.25, 0.3) is 0 Å². The summed E-state index contributed by atoms with van der Waals surface area (Å²) >= 11 is 0. The van der Waals surface area contributed by atoms with Crippen LogP contribution in [0.25, 0.3) is 11.3 Å². The monoisotopic (exact) mass is 406 g/mol.